The summed E-state index contributed by atoms with van der Waals surface area (Å²) in [6, 6.07) is 16.8. The molecule has 0 bridgehead atoms. The van der Waals surface area contributed by atoms with E-state index in [0.29, 0.717) is 43.7 Å². The Balaban J connectivity index is 1.48. The quantitative estimate of drug-likeness (QED) is 0.408. The number of thiazole rings is 1. The zero-order valence-corrected chi connectivity index (χ0v) is 18.8. The van der Waals surface area contributed by atoms with Gasteiger partial charge in [0.15, 0.2) is 5.82 Å². The lowest BCUT2D eigenvalue weighted by molar-refractivity contribution is 0.416. The summed E-state index contributed by atoms with van der Waals surface area (Å²) in [6.45, 7) is 0. The molecular weight excluding hydrogens is 464 g/mol. The predicted molar refractivity (Wildman–Crippen MR) is 123 cm³/mol. The third-order valence-corrected chi connectivity index (χ3v) is 6.79. The predicted octanol–water partition coefficient (Wildman–Crippen LogP) is 2.28. The number of rotatable bonds is 5. The van der Waals surface area contributed by atoms with E-state index in [0.717, 1.165) is 0 Å². The van der Waals surface area contributed by atoms with Gasteiger partial charge in [0.25, 0.3) is 5.56 Å². The second-order valence-corrected chi connectivity index (χ2v) is 9.59. The summed E-state index contributed by atoms with van der Waals surface area (Å²) < 4.78 is 35.7. The first-order valence-electron chi connectivity index (χ1n) is 9.61. The number of nitrogens with two attached hydrogens (primary N) is 1. The van der Waals surface area contributed by atoms with Gasteiger partial charge in [-0.2, -0.15) is 9.50 Å². The monoisotopic (exact) mass is 480 g/mol. The van der Waals surface area contributed by atoms with Crippen LogP contribution in [0.1, 0.15) is 5.76 Å². The molecular formula is C22H16N4O5S2. The van der Waals surface area contributed by atoms with Crippen molar-refractivity contribution in [2.24, 2.45) is 5.14 Å². The minimum atomic E-state index is -3.77. The average molecular weight is 481 g/mol. The van der Waals surface area contributed by atoms with Crippen LogP contribution in [0, 0.1) is 0 Å². The molecule has 0 radical (unpaired) electrons. The summed E-state index contributed by atoms with van der Waals surface area (Å²) in [7, 11) is -2.20. The lowest BCUT2D eigenvalue weighted by atomic mass is 10.2. The van der Waals surface area contributed by atoms with Crippen molar-refractivity contribution in [3.05, 3.63) is 81.3 Å². The lowest BCUT2D eigenvalue weighted by Crippen LogP contribution is -2.23. The number of benzene rings is 2. The van der Waals surface area contributed by atoms with E-state index in [-0.39, 0.29) is 10.5 Å². The molecule has 0 spiro atoms. The molecule has 166 valence electrons. The largest absolute Gasteiger partial charge is 0.496 e. The van der Waals surface area contributed by atoms with Crippen LogP contribution in [0.5, 0.6) is 5.75 Å². The van der Waals surface area contributed by atoms with Crippen molar-refractivity contribution in [3.8, 4) is 28.5 Å². The smallest absolute Gasteiger partial charge is 0.291 e. The maximum atomic E-state index is 12.8. The molecule has 33 heavy (non-hydrogen) atoms. The number of furan rings is 1. The zero-order chi connectivity index (χ0) is 23.2. The number of hydrogen-bond acceptors (Lipinski definition) is 8. The first-order chi connectivity index (χ1) is 15.8. The van der Waals surface area contributed by atoms with Gasteiger partial charge in [-0.05, 0) is 48.5 Å². The third-order valence-electron chi connectivity index (χ3n) is 4.90. The minimum Gasteiger partial charge on any atom is -0.496 e. The number of para-hydroxylation sites is 1. The van der Waals surface area contributed by atoms with Crippen LogP contribution in [0.25, 0.3) is 33.7 Å². The Morgan fingerprint density at radius 2 is 1.85 bits per heavy atom. The molecule has 3 aromatic heterocycles. The second kappa shape index (κ2) is 7.96. The van der Waals surface area contributed by atoms with Crippen molar-refractivity contribution in [2.75, 3.05) is 7.11 Å². The summed E-state index contributed by atoms with van der Waals surface area (Å²) in [5.41, 5.74) is 1.07. The number of hydrogen-bond donors (Lipinski definition) is 1. The van der Waals surface area contributed by atoms with E-state index in [1.165, 1.54) is 28.0 Å². The molecule has 2 N–H and O–H groups in total. The van der Waals surface area contributed by atoms with Gasteiger partial charge in [0.05, 0.1) is 17.6 Å². The van der Waals surface area contributed by atoms with Gasteiger partial charge in [0.1, 0.15) is 21.8 Å². The number of primary sulfonamides is 1. The van der Waals surface area contributed by atoms with Crippen LogP contribution in [-0.2, 0) is 10.0 Å². The highest BCUT2D eigenvalue weighted by atomic mass is 32.2. The highest BCUT2D eigenvalue weighted by Gasteiger charge is 2.15. The Morgan fingerprint density at radius 1 is 1.09 bits per heavy atom. The summed E-state index contributed by atoms with van der Waals surface area (Å²) in [5, 5.41) is 9.47. The summed E-state index contributed by atoms with van der Waals surface area (Å²) in [4.78, 5) is 17.8. The van der Waals surface area contributed by atoms with Gasteiger partial charge in [0, 0.05) is 11.6 Å². The summed E-state index contributed by atoms with van der Waals surface area (Å²) in [6.07, 6.45) is 1.62. The van der Waals surface area contributed by atoms with Crippen molar-refractivity contribution in [1.29, 1.82) is 0 Å². The molecule has 0 unspecified atom stereocenters. The van der Waals surface area contributed by atoms with Crippen LogP contribution in [0.2, 0.25) is 0 Å². The molecule has 0 aliphatic rings. The molecule has 0 atom stereocenters. The van der Waals surface area contributed by atoms with Crippen molar-refractivity contribution in [3.63, 3.8) is 0 Å². The van der Waals surface area contributed by atoms with Crippen LogP contribution < -0.4 is 20.0 Å². The number of fused-ring (bicyclic) bond motifs is 1. The van der Waals surface area contributed by atoms with E-state index in [2.05, 4.69) is 10.1 Å². The lowest BCUT2D eigenvalue weighted by Gasteiger charge is -2.03. The van der Waals surface area contributed by atoms with Gasteiger partial charge in [-0.25, -0.2) is 13.6 Å². The Morgan fingerprint density at radius 3 is 2.55 bits per heavy atom. The van der Waals surface area contributed by atoms with Crippen LogP contribution in [0.4, 0.5) is 0 Å². The van der Waals surface area contributed by atoms with E-state index < -0.39 is 10.0 Å². The number of aromatic nitrogens is 3. The topological polar surface area (TPSA) is 130 Å². The molecule has 0 aliphatic heterocycles. The zero-order valence-electron chi connectivity index (χ0n) is 17.1. The molecule has 0 saturated carbocycles. The van der Waals surface area contributed by atoms with Crippen LogP contribution in [0.3, 0.4) is 0 Å². The molecule has 3 heterocycles. The normalized spacial score (nSPS) is 12.5. The SMILES string of the molecule is COc1ccccc1-c1nc2sc(=Cc3ccc(-c4ccc(S(N)(=O)=O)cc4)o3)c(=O)n2n1. The van der Waals surface area contributed by atoms with Crippen molar-refractivity contribution < 1.29 is 17.6 Å². The Bertz CT molecular complexity index is 1700. The first-order valence-corrected chi connectivity index (χ1v) is 12.0. The van der Waals surface area contributed by atoms with Crippen molar-refractivity contribution >= 4 is 32.4 Å². The maximum absolute atomic E-state index is 12.8. The molecule has 0 saturated heterocycles. The Kier molecular flexibility index (Phi) is 5.08. The number of sulfonamides is 1. The number of nitrogens with zero attached hydrogens (tertiary/aromatic N) is 3. The standard InChI is InChI=1S/C22H16N4O5S2/c1-30-18-5-3-2-4-16(18)20-24-22-26(25-20)21(27)19(32-22)12-14-8-11-17(31-14)13-6-9-15(10-7-13)33(23,28)29/h2-12H,1H3,(H2,23,28,29). The van der Waals surface area contributed by atoms with E-state index >= 15 is 0 Å². The average Bonchev–Trinajstić information content (AvgIpc) is 3.51. The van der Waals surface area contributed by atoms with Gasteiger partial charge in [-0.15, -0.1) is 5.10 Å². The maximum Gasteiger partial charge on any atom is 0.291 e. The fourth-order valence-corrected chi connectivity index (χ4v) is 4.70. The van der Waals surface area contributed by atoms with E-state index in [1.807, 2.05) is 18.2 Å². The van der Waals surface area contributed by atoms with Crippen LogP contribution in [0.15, 0.2) is 74.8 Å². The molecule has 5 aromatic rings. The van der Waals surface area contributed by atoms with Crippen molar-refractivity contribution in [2.45, 2.75) is 4.90 Å². The fourth-order valence-electron chi connectivity index (χ4n) is 3.30. The molecule has 0 amide bonds. The fraction of sp³-hybridized carbons (Fsp3) is 0.0455. The van der Waals surface area contributed by atoms with E-state index in [4.69, 9.17) is 14.3 Å². The summed E-state index contributed by atoms with van der Waals surface area (Å²) in [5.74, 6) is 2.01. The van der Waals surface area contributed by atoms with E-state index in [9.17, 15) is 13.2 Å². The van der Waals surface area contributed by atoms with E-state index in [1.54, 1.807) is 43.5 Å². The Hall–Kier alpha value is -3.80. The molecule has 9 nitrogen and oxygen atoms in total. The molecule has 2 aromatic carbocycles. The highest BCUT2D eigenvalue weighted by molar-refractivity contribution is 7.89. The highest BCUT2D eigenvalue weighted by Crippen LogP contribution is 2.27. The van der Waals surface area contributed by atoms with Crippen LogP contribution in [-0.4, -0.2) is 30.1 Å². The first kappa shape index (κ1) is 21.1. The molecule has 5 rings (SSSR count). The number of methoxy groups -OCH3 is 1. The minimum absolute atomic E-state index is 0.0162. The van der Waals surface area contributed by atoms with Gasteiger partial charge in [-0.3, -0.25) is 4.79 Å². The van der Waals surface area contributed by atoms with Gasteiger partial charge in [0.2, 0.25) is 15.0 Å². The molecule has 0 aliphatic carbocycles. The van der Waals surface area contributed by atoms with Gasteiger partial charge in [-0.1, -0.05) is 23.5 Å². The van der Waals surface area contributed by atoms with Crippen molar-refractivity contribution in [1.82, 2.24) is 14.6 Å². The van der Waals surface area contributed by atoms with Crippen LogP contribution >= 0.6 is 11.3 Å². The molecule has 11 heteroatoms. The third kappa shape index (κ3) is 3.93. The van der Waals surface area contributed by atoms with Gasteiger partial charge >= 0.3 is 0 Å². The summed E-state index contributed by atoms with van der Waals surface area (Å²) >= 11 is 1.20. The number of ether oxygens (including phenoxy) is 1. The van der Waals surface area contributed by atoms with Gasteiger partial charge < -0.3 is 9.15 Å². The Labute approximate surface area is 191 Å². The molecule has 0 fully saturated rings. The second-order valence-electron chi connectivity index (χ2n) is 7.02.